The maximum atomic E-state index is 13.5. The van der Waals surface area contributed by atoms with E-state index in [-0.39, 0.29) is 28.9 Å². The molecule has 0 aromatic carbocycles. The zero-order valence-electron chi connectivity index (χ0n) is 29.1. The van der Waals surface area contributed by atoms with Gasteiger partial charge in [-0.05, 0) is 141 Å². The first-order chi connectivity index (χ1) is 21.4. The van der Waals surface area contributed by atoms with Crippen LogP contribution in [0.3, 0.4) is 0 Å². The standard InChI is InChI=1S/C40H61NO4/c1-22-9-14-40(43-21-22)25(4)35-34(45-40)18-33-31-8-7-29-17-30(10-12-37(29,5)32(31)11-13-38(33,35)6)44-36(42)41-39-19-27-15-26(24(39)3)16-28(20-39)23(27)2/h7,22-28,30-35H,8-21H2,1-6H3,(H,41,42)/t22-,23?,24?,25+,26?,27?,28?,30+,31-,32+,33+,34+,35+,37+,38+,39?,40-/m1/s1. The van der Waals surface area contributed by atoms with E-state index in [0.29, 0.717) is 35.2 Å². The van der Waals surface area contributed by atoms with Gasteiger partial charge in [-0.15, -0.1) is 0 Å². The maximum Gasteiger partial charge on any atom is 0.407 e. The molecule has 7 saturated carbocycles. The van der Waals surface area contributed by atoms with E-state index in [2.05, 4.69) is 52.9 Å². The summed E-state index contributed by atoms with van der Waals surface area (Å²) >= 11 is 0. The molecule has 14 atom stereocenters. The van der Waals surface area contributed by atoms with Gasteiger partial charge in [-0.25, -0.2) is 4.79 Å². The molecule has 9 fully saturated rings. The zero-order valence-corrected chi connectivity index (χ0v) is 29.1. The molecule has 4 bridgehead atoms. The van der Waals surface area contributed by atoms with Crippen LogP contribution in [0.25, 0.3) is 0 Å². The van der Waals surface area contributed by atoms with Crippen molar-refractivity contribution in [2.24, 2.45) is 75.9 Å². The smallest absolute Gasteiger partial charge is 0.407 e. The van der Waals surface area contributed by atoms with Crippen molar-refractivity contribution in [2.45, 2.75) is 149 Å². The fraction of sp³-hybridized carbons (Fsp3) is 0.925. The third-order valence-corrected chi connectivity index (χ3v) is 17.5. The van der Waals surface area contributed by atoms with E-state index in [4.69, 9.17) is 14.2 Å². The number of hydrogen-bond acceptors (Lipinski definition) is 4. The molecular weight excluding hydrogens is 558 g/mol. The maximum absolute atomic E-state index is 13.5. The van der Waals surface area contributed by atoms with Crippen LogP contribution in [0, 0.1) is 75.9 Å². The number of rotatable bonds is 2. The Hall–Kier alpha value is -1.07. The predicted molar refractivity (Wildman–Crippen MR) is 175 cm³/mol. The van der Waals surface area contributed by atoms with Gasteiger partial charge in [0.15, 0.2) is 5.79 Å². The lowest BCUT2D eigenvalue weighted by atomic mass is 9.46. The Kier molecular flexibility index (Phi) is 6.66. The van der Waals surface area contributed by atoms with E-state index in [1.54, 1.807) is 5.57 Å². The minimum atomic E-state index is -0.324. The molecular formula is C40H61NO4. The molecule has 1 spiro atoms. The molecule has 2 saturated heterocycles. The molecule has 5 nitrogen and oxygen atoms in total. The van der Waals surface area contributed by atoms with Gasteiger partial charge < -0.3 is 19.5 Å². The molecule has 0 aromatic heterocycles. The van der Waals surface area contributed by atoms with Crippen molar-refractivity contribution in [3.05, 3.63) is 11.6 Å². The van der Waals surface area contributed by atoms with Crippen LogP contribution in [-0.2, 0) is 14.2 Å². The highest BCUT2D eigenvalue weighted by Crippen LogP contribution is 2.71. The van der Waals surface area contributed by atoms with Gasteiger partial charge in [-0.1, -0.05) is 53.2 Å². The third-order valence-electron chi connectivity index (χ3n) is 17.5. The predicted octanol–water partition coefficient (Wildman–Crippen LogP) is 8.91. The van der Waals surface area contributed by atoms with Crippen LogP contribution in [0.5, 0.6) is 0 Å². The number of allylic oxidation sites excluding steroid dienone is 1. The number of fused-ring (bicyclic) bond motifs is 7. The van der Waals surface area contributed by atoms with E-state index in [0.717, 1.165) is 86.6 Å². The summed E-state index contributed by atoms with van der Waals surface area (Å²) in [4.78, 5) is 13.5. The minimum absolute atomic E-state index is 0.0207. The van der Waals surface area contributed by atoms with Gasteiger partial charge in [0.25, 0.3) is 0 Å². The highest BCUT2D eigenvalue weighted by molar-refractivity contribution is 5.69. The molecule has 10 rings (SSSR count). The molecule has 3 unspecified atom stereocenters. The van der Waals surface area contributed by atoms with Crippen LogP contribution in [0.2, 0.25) is 0 Å². The van der Waals surface area contributed by atoms with Crippen LogP contribution >= 0.6 is 0 Å². The van der Waals surface area contributed by atoms with Crippen molar-refractivity contribution in [3.63, 3.8) is 0 Å². The molecule has 1 amide bonds. The van der Waals surface area contributed by atoms with Crippen LogP contribution in [-0.4, -0.2) is 36.2 Å². The summed E-state index contributed by atoms with van der Waals surface area (Å²) in [5.74, 6) is 7.42. The molecule has 8 aliphatic carbocycles. The highest BCUT2D eigenvalue weighted by atomic mass is 16.7. The first kappa shape index (κ1) is 30.0. The molecule has 0 aromatic rings. The molecule has 250 valence electrons. The largest absolute Gasteiger partial charge is 0.446 e. The van der Waals surface area contributed by atoms with Gasteiger partial charge in [0.1, 0.15) is 6.10 Å². The van der Waals surface area contributed by atoms with E-state index in [9.17, 15) is 4.79 Å². The summed E-state index contributed by atoms with van der Waals surface area (Å²) in [5.41, 5.74) is 2.17. The average molecular weight is 620 g/mol. The van der Waals surface area contributed by atoms with Crippen LogP contribution in [0.1, 0.15) is 125 Å². The first-order valence-electron chi connectivity index (χ1n) is 19.4. The summed E-state index contributed by atoms with van der Waals surface area (Å²) in [6.45, 7) is 15.7. The van der Waals surface area contributed by atoms with Gasteiger partial charge in [0.05, 0.1) is 12.7 Å². The third kappa shape index (κ3) is 4.13. The molecule has 1 N–H and O–H groups in total. The van der Waals surface area contributed by atoms with Crippen molar-refractivity contribution in [2.75, 3.05) is 6.61 Å². The SMILES string of the molecule is CC1C2CC3CC1CC(NC(=O)O[C@H]1CC[C@@]4(C)C(=CC[C@H]5[C@@H]6C[C@@H]7O[C@]8(CC[C@@H](C)CO8)[C@@H](C)[C@@H]7[C@@]6(C)CC[C@@H]54)C1)(C2)C3C. The highest BCUT2D eigenvalue weighted by Gasteiger charge is 2.69. The Labute approximate surface area is 272 Å². The second-order valence-corrected chi connectivity index (χ2v) is 19.1. The van der Waals surface area contributed by atoms with Crippen LogP contribution in [0.15, 0.2) is 11.6 Å². The monoisotopic (exact) mass is 619 g/mol. The summed E-state index contributed by atoms with van der Waals surface area (Å²) in [6.07, 6.45) is 18.4. The fourth-order valence-electron chi connectivity index (χ4n) is 14.8. The van der Waals surface area contributed by atoms with Crippen molar-refractivity contribution in [1.82, 2.24) is 5.32 Å². The van der Waals surface area contributed by atoms with Gasteiger partial charge in [-0.2, -0.15) is 0 Å². The minimum Gasteiger partial charge on any atom is -0.446 e. The number of nitrogens with one attached hydrogen (secondary N) is 1. The lowest BCUT2D eigenvalue weighted by molar-refractivity contribution is -0.272. The summed E-state index contributed by atoms with van der Waals surface area (Å²) < 4.78 is 19.9. The normalized spacial score (nSPS) is 59.2. The second kappa shape index (κ2) is 9.99. The van der Waals surface area contributed by atoms with Crippen molar-refractivity contribution in [3.8, 4) is 0 Å². The average Bonchev–Trinajstić information content (AvgIpc) is 3.44. The van der Waals surface area contributed by atoms with Crippen LogP contribution in [0.4, 0.5) is 4.79 Å². The number of carbonyl (C=O) groups excluding carboxylic acids is 1. The Morgan fingerprint density at radius 3 is 2.42 bits per heavy atom. The Balaban J connectivity index is 0.873. The molecule has 2 heterocycles. The number of ether oxygens (including phenoxy) is 3. The molecule has 2 aliphatic heterocycles. The molecule has 0 radical (unpaired) electrons. The lowest BCUT2D eigenvalue weighted by Crippen LogP contribution is -2.66. The summed E-state index contributed by atoms with van der Waals surface area (Å²) in [5, 5.41) is 3.54. The van der Waals surface area contributed by atoms with Crippen molar-refractivity contribution in [1.29, 1.82) is 0 Å². The summed E-state index contributed by atoms with van der Waals surface area (Å²) in [7, 11) is 0. The van der Waals surface area contributed by atoms with E-state index in [1.807, 2.05) is 0 Å². The van der Waals surface area contributed by atoms with Gasteiger partial charge in [0.2, 0.25) is 0 Å². The summed E-state index contributed by atoms with van der Waals surface area (Å²) in [6, 6.07) is 0. The molecule has 45 heavy (non-hydrogen) atoms. The number of hydrogen-bond donors (Lipinski definition) is 1. The van der Waals surface area contributed by atoms with Crippen LogP contribution < -0.4 is 5.32 Å². The first-order valence-corrected chi connectivity index (χ1v) is 19.4. The topological polar surface area (TPSA) is 56.8 Å². The van der Waals surface area contributed by atoms with E-state index in [1.165, 1.54) is 44.9 Å². The van der Waals surface area contributed by atoms with Gasteiger partial charge in [-0.3, -0.25) is 0 Å². The van der Waals surface area contributed by atoms with E-state index < -0.39 is 0 Å². The van der Waals surface area contributed by atoms with Gasteiger partial charge >= 0.3 is 6.09 Å². The molecule has 10 aliphatic rings. The Bertz CT molecular complexity index is 1240. The second-order valence-electron chi connectivity index (χ2n) is 19.1. The number of alkyl carbamates (subject to hydrolysis) is 1. The van der Waals surface area contributed by atoms with Crippen molar-refractivity contribution >= 4 is 6.09 Å². The van der Waals surface area contributed by atoms with Crippen molar-refractivity contribution < 1.29 is 19.0 Å². The Morgan fingerprint density at radius 1 is 0.911 bits per heavy atom. The number of amides is 1. The quantitative estimate of drug-likeness (QED) is 0.314. The van der Waals surface area contributed by atoms with E-state index >= 15 is 0 Å². The molecule has 5 heteroatoms. The van der Waals surface area contributed by atoms with Gasteiger partial charge in [0, 0.05) is 24.3 Å². The Morgan fingerprint density at radius 2 is 1.69 bits per heavy atom. The number of carbonyl (C=O) groups is 1. The zero-order chi connectivity index (χ0) is 31.1. The fourth-order valence-corrected chi connectivity index (χ4v) is 14.8. The lowest BCUT2D eigenvalue weighted by Gasteiger charge is -2.63.